The molecular formula is C24H36O2. The molecule has 0 bridgehead atoms. The molecule has 2 aliphatic carbocycles. The molecule has 0 aromatic heterocycles. The fraction of sp³-hybridized carbons (Fsp3) is 0.750. The number of hydrogen-bond acceptors (Lipinski definition) is 2. The molecule has 0 spiro atoms. The van der Waals surface area contributed by atoms with Gasteiger partial charge in [-0.2, -0.15) is 0 Å². The average Bonchev–Trinajstić information content (AvgIpc) is 2.71. The largest absolute Gasteiger partial charge is 0.352 e. The van der Waals surface area contributed by atoms with Gasteiger partial charge in [-0.3, -0.25) is 0 Å². The molecule has 2 saturated carbocycles. The third-order valence-electron chi connectivity index (χ3n) is 7.19. The van der Waals surface area contributed by atoms with Crippen LogP contribution in [-0.2, 0) is 9.47 Å². The molecule has 144 valence electrons. The van der Waals surface area contributed by atoms with Crippen LogP contribution < -0.4 is 0 Å². The Hall–Kier alpha value is -0.860. The minimum absolute atomic E-state index is 0.106. The van der Waals surface area contributed by atoms with Gasteiger partial charge in [0, 0.05) is 5.92 Å². The van der Waals surface area contributed by atoms with Gasteiger partial charge < -0.3 is 9.47 Å². The van der Waals surface area contributed by atoms with Crippen molar-refractivity contribution in [3.05, 3.63) is 35.4 Å². The standard InChI is InChI=1S/C24H36O2/c1-18-3-9-21(10-4-18)22-11-5-19(6-12-22)17-20-7-13-23(14-8-20)24-25-15-2-16-26-24/h3-4,9-10,19-20,22-24H,2,5-8,11-17H2,1H3. The lowest BCUT2D eigenvalue weighted by molar-refractivity contribution is -0.210. The lowest BCUT2D eigenvalue weighted by Gasteiger charge is -2.37. The van der Waals surface area contributed by atoms with Crippen LogP contribution >= 0.6 is 0 Å². The Morgan fingerprint density at radius 3 is 1.96 bits per heavy atom. The summed E-state index contributed by atoms with van der Waals surface area (Å²) >= 11 is 0. The summed E-state index contributed by atoms with van der Waals surface area (Å²) in [6.45, 7) is 3.98. The molecule has 1 aromatic carbocycles. The molecule has 4 rings (SSSR count). The van der Waals surface area contributed by atoms with Gasteiger partial charge in [-0.25, -0.2) is 0 Å². The van der Waals surface area contributed by atoms with Gasteiger partial charge in [0.15, 0.2) is 6.29 Å². The highest BCUT2D eigenvalue weighted by Gasteiger charge is 2.32. The lowest BCUT2D eigenvalue weighted by Crippen LogP contribution is -2.34. The summed E-state index contributed by atoms with van der Waals surface area (Å²) in [6.07, 6.45) is 13.7. The zero-order chi connectivity index (χ0) is 17.8. The molecule has 1 heterocycles. The van der Waals surface area contributed by atoms with Crippen molar-refractivity contribution in [2.75, 3.05) is 13.2 Å². The Labute approximate surface area is 159 Å². The van der Waals surface area contributed by atoms with Gasteiger partial charge in [0.05, 0.1) is 13.2 Å². The number of benzene rings is 1. The SMILES string of the molecule is Cc1ccc(C2CCC(CC3CCC(C4OCCCO4)CC3)CC2)cc1. The van der Waals surface area contributed by atoms with E-state index in [0.29, 0.717) is 5.92 Å². The molecule has 1 saturated heterocycles. The van der Waals surface area contributed by atoms with Crippen LogP contribution in [0.4, 0.5) is 0 Å². The molecule has 2 heteroatoms. The number of rotatable bonds is 4. The van der Waals surface area contributed by atoms with E-state index in [0.717, 1.165) is 37.4 Å². The van der Waals surface area contributed by atoms with E-state index in [1.165, 1.54) is 63.4 Å². The normalized spacial score (nSPS) is 33.9. The van der Waals surface area contributed by atoms with E-state index in [1.54, 1.807) is 5.56 Å². The first-order valence-electron chi connectivity index (χ1n) is 11.1. The van der Waals surface area contributed by atoms with Gasteiger partial charge in [-0.05, 0) is 94.4 Å². The van der Waals surface area contributed by atoms with Gasteiger partial charge in [-0.1, -0.05) is 29.8 Å². The molecule has 0 atom stereocenters. The summed E-state index contributed by atoms with van der Waals surface area (Å²) in [6, 6.07) is 9.27. The van der Waals surface area contributed by atoms with Crippen LogP contribution in [0.5, 0.6) is 0 Å². The Balaban J connectivity index is 1.18. The summed E-state index contributed by atoms with van der Waals surface area (Å²) in [4.78, 5) is 0. The second kappa shape index (κ2) is 8.89. The van der Waals surface area contributed by atoms with E-state index >= 15 is 0 Å². The lowest BCUT2D eigenvalue weighted by atomic mass is 9.72. The summed E-state index contributed by atoms with van der Waals surface area (Å²) in [5.74, 6) is 3.39. The molecule has 1 aromatic rings. The minimum atomic E-state index is 0.106. The minimum Gasteiger partial charge on any atom is -0.352 e. The first-order chi connectivity index (χ1) is 12.8. The van der Waals surface area contributed by atoms with Crippen molar-refractivity contribution in [1.82, 2.24) is 0 Å². The van der Waals surface area contributed by atoms with Crippen molar-refractivity contribution in [3.8, 4) is 0 Å². The molecule has 0 unspecified atom stereocenters. The predicted molar refractivity (Wildman–Crippen MR) is 106 cm³/mol. The topological polar surface area (TPSA) is 18.5 Å². The smallest absolute Gasteiger partial charge is 0.160 e. The summed E-state index contributed by atoms with van der Waals surface area (Å²) in [5, 5.41) is 0. The van der Waals surface area contributed by atoms with Crippen LogP contribution in [0.2, 0.25) is 0 Å². The van der Waals surface area contributed by atoms with Gasteiger partial charge in [0.1, 0.15) is 0 Å². The van der Waals surface area contributed by atoms with E-state index in [1.807, 2.05) is 0 Å². The Bertz CT molecular complexity index is 530. The molecule has 1 aliphatic heterocycles. The van der Waals surface area contributed by atoms with Gasteiger partial charge >= 0.3 is 0 Å². The number of ether oxygens (including phenoxy) is 2. The highest BCUT2D eigenvalue weighted by Crippen LogP contribution is 2.42. The molecule has 26 heavy (non-hydrogen) atoms. The van der Waals surface area contributed by atoms with Crippen LogP contribution in [0.15, 0.2) is 24.3 Å². The van der Waals surface area contributed by atoms with Gasteiger partial charge in [0.25, 0.3) is 0 Å². The molecule has 0 N–H and O–H groups in total. The van der Waals surface area contributed by atoms with Crippen molar-refractivity contribution in [2.24, 2.45) is 17.8 Å². The summed E-state index contributed by atoms with van der Waals surface area (Å²) < 4.78 is 11.7. The monoisotopic (exact) mass is 356 g/mol. The fourth-order valence-corrected chi connectivity index (χ4v) is 5.52. The van der Waals surface area contributed by atoms with Crippen LogP contribution in [0.3, 0.4) is 0 Å². The molecule has 3 aliphatic rings. The predicted octanol–water partition coefficient (Wildman–Crippen LogP) is 6.23. The maximum Gasteiger partial charge on any atom is 0.160 e. The van der Waals surface area contributed by atoms with E-state index in [-0.39, 0.29) is 6.29 Å². The third kappa shape index (κ3) is 4.70. The zero-order valence-electron chi connectivity index (χ0n) is 16.5. The molecule has 2 nitrogen and oxygen atoms in total. The number of aryl methyl sites for hydroxylation is 1. The Morgan fingerprint density at radius 1 is 0.769 bits per heavy atom. The Kier molecular flexibility index (Phi) is 6.32. The van der Waals surface area contributed by atoms with Crippen LogP contribution in [0, 0.1) is 24.7 Å². The maximum atomic E-state index is 5.84. The van der Waals surface area contributed by atoms with E-state index in [4.69, 9.17) is 9.47 Å². The van der Waals surface area contributed by atoms with Crippen molar-refractivity contribution in [3.63, 3.8) is 0 Å². The molecule has 0 amide bonds. The molecule has 0 radical (unpaired) electrons. The van der Waals surface area contributed by atoms with E-state index in [9.17, 15) is 0 Å². The van der Waals surface area contributed by atoms with Gasteiger partial charge in [0.2, 0.25) is 0 Å². The Morgan fingerprint density at radius 2 is 1.35 bits per heavy atom. The fourth-order valence-electron chi connectivity index (χ4n) is 5.52. The second-order valence-electron chi connectivity index (χ2n) is 9.11. The van der Waals surface area contributed by atoms with E-state index in [2.05, 4.69) is 31.2 Å². The summed E-state index contributed by atoms with van der Waals surface area (Å²) in [5.41, 5.74) is 2.95. The summed E-state index contributed by atoms with van der Waals surface area (Å²) in [7, 11) is 0. The van der Waals surface area contributed by atoms with Crippen molar-refractivity contribution >= 4 is 0 Å². The van der Waals surface area contributed by atoms with Crippen LogP contribution in [-0.4, -0.2) is 19.5 Å². The molecular weight excluding hydrogens is 320 g/mol. The van der Waals surface area contributed by atoms with Crippen molar-refractivity contribution in [1.29, 1.82) is 0 Å². The van der Waals surface area contributed by atoms with Crippen molar-refractivity contribution in [2.45, 2.75) is 83.3 Å². The highest BCUT2D eigenvalue weighted by molar-refractivity contribution is 5.24. The average molecular weight is 357 g/mol. The van der Waals surface area contributed by atoms with Crippen LogP contribution in [0.25, 0.3) is 0 Å². The maximum absolute atomic E-state index is 5.84. The quantitative estimate of drug-likeness (QED) is 0.637. The zero-order valence-corrected chi connectivity index (χ0v) is 16.5. The van der Waals surface area contributed by atoms with Crippen LogP contribution in [0.1, 0.15) is 81.3 Å². The number of hydrogen-bond donors (Lipinski definition) is 0. The van der Waals surface area contributed by atoms with Gasteiger partial charge in [-0.15, -0.1) is 0 Å². The van der Waals surface area contributed by atoms with E-state index < -0.39 is 0 Å². The third-order valence-corrected chi connectivity index (χ3v) is 7.19. The van der Waals surface area contributed by atoms with Crippen molar-refractivity contribution < 1.29 is 9.47 Å². The second-order valence-corrected chi connectivity index (χ2v) is 9.11. The highest BCUT2D eigenvalue weighted by atomic mass is 16.7. The first-order valence-corrected chi connectivity index (χ1v) is 11.1. The first kappa shape index (κ1) is 18.5. The molecule has 3 fully saturated rings.